The summed E-state index contributed by atoms with van der Waals surface area (Å²) < 4.78 is 27.0. The maximum Gasteiger partial charge on any atom is 0.125 e. The van der Waals surface area contributed by atoms with E-state index >= 15 is 0 Å². The molecule has 142 valence electrons. The van der Waals surface area contributed by atoms with Gasteiger partial charge >= 0.3 is 0 Å². The zero-order chi connectivity index (χ0) is 20.3. The van der Waals surface area contributed by atoms with E-state index in [-0.39, 0.29) is 11.6 Å². The van der Waals surface area contributed by atoms with Crippen molar-refractivity contribution in [1.82, 2.24) is 4.98 Å². The molecule has 0 radical (unpaired) electrons. The molecule has 0 N–H and O–H groups in total. The number of rotatable bonds is 4. The van der Waals surface area contributed by atoms with Gasteiger partial charge in [0.2, 0.25) is 0 Å². The molecule has 0 bridgehead atoms. The second kappa shape index (κ2) is 8.21. The molecule has 0 spiro atoms. The second-order valence-electron chi connectivity index (χ2n) is 6.66. The average molecular weight is 377 g/mol. The zero-order valence-electron chi connectivity index (χ0n) is 16.3. The van der Waals surface area contributed by atoms with E-state index in [4.69, 9.17) is 0 Å². The van der Waals surface area contributed by atoms with Gasteiger partial charge in [-0.15, -0.1) is 0 Å². The van der Waals surface area contributed by atoms with Crippen molar-refractivity contribution >= 4 is 22.8 Å². The Kier molecular flexibility index (Phi) is 5.73. The molecule has 0 aliphatic heterocycles. The third-order valence-corrected chi connectivity index (χ3v) is 4.41. The van der Waals surface area contributed by atoms with Crippen LogP contribution in [0, 0.1) is 25.5 Å². The number of aromatic nitrogens is 1. The molecule has 0 amide bonds. The molecule has 0 atom stereocenters. The molecular formula is C23H21F2N3. The van der Waals surface area contributed by atoms with Crippen molar-refractivity contribution in [2.24, 2.45) is 9.98 Å². The molecule has 5 heteroatoms. The predicted octanol–water partition coefficient (Wildman–Crippen LogP) is 6.26. The van der Waals surface area contributed by atoms with Crippen molar-refractivity contribution in [3.05, 3.63) is 88.7 Å². The maximum absolute atomic E-state index is 13.5. The predicted molar refractivity (Wildman–Crippen MR) is 110 cm³/mol. The number of benzene rings is 2. The third kappa shape index (κ3) is 4.55. The Labute approximate surface area is 163 Å². The Balaban J connectivity index is 1.95. The Morgan fingerprint density at radius 2 is 1.14 bits per heavy atom. The van der Waals surface area contributed by atoms with Crippen molar-refractivity contribution in [2.75, 3.05) is 0 Å². The molecule has 1 heterocycles. The third-order valence-electron chi connectivity index (χ3n) is 4.41. The van der Waals surface area contributed by atoms with Gasteiger partial charge in [-0.1, -0.05) is 18.2 Å². The Hall–Kier alpha value is -3.21. The standard InChI is InChI=1S/C23H21F2N3/c1-14-8-10-18(24)12-22(14)26-16(3)20-6-5-7-21(28-20)17(4)27-23-13-19(25)11-9-15(23)2/h5-13H,1-4H3. The number of hydrogen-bond acceptors (Lipinski definition) is 3. The van der Waals surface area contributed by atoms with Gasteiger partial charge in [0.1, 0.15) is 11.6 Å². The largest absolute Gasteiger partial charge is 0.251 e. The van der Waals surface area contributed by atoms with E-state index < -0.39 is 0 Å². The highest BCUT2D eigenvalue weighted by atomic mass is 19.1. The van der Waals surface area contributed by atoms with Gasteiger partial charge in [0.15, 0.2) is 0 Å². The summed E-state index contributed by atoms with van der Waals surface area (Å²) in [5.74, 6) is -0.653. The van der Waals surface area contributed by atoms with Crippen LogP contribution >= 0.6 is 0 Å². The van der Waals surface area contributed by atoms with E-state index in [2.05, 4.69) is 15.0 Å². The van der Waals surface area contributed by atoms with Crippen LogP contribution in [0.1, 0.15) is 36.4 Å². The molecule has 1 aromatic heterocycles. The fourth-order valence-corrected chi connectivity index (χ4v) is 2.72. The normalized spacial score (nSPS) is 12.4. The van der Waals surface area contributed by atoms with E-state index in [1.165, 1.54) is 24.3 Å². The second-order valence-corrected chi connectivity index (χ2v) is 6.66. The van der Waals surface area contributed by atoms with Crippen LogP contribution in [0.5, 0.6) is 0 Å². The molecule has 3 rings (SSSR count). The lowest BCUT2D eigenvalue weighted by Crippen LogP contribution is -2.05. The number of hydrogen-bond donors (Lipinski definition) is 0. The van der Waals surface area contributed by atoms with E-state index in [9.17, 15) is 8.78 Å². The van der Waals surface area contributed by atoms with E-state index in [0.717, 1.165) is 11.1 Å². The average Bonchev–Trinajstić information content (AvgIpc) is 2.67. The first kappa shape index (κ1) is 19.5. The lowest BCUT2D eigenvalue weighted by atomic mass is 10.1. The van der Waals surface area contributed by atoms with Gasteiger partial charge in [-0.3, -0.25) is 9.98 Å². The zero-order valence-corrected chi connectivity index (χ0v) is 16.3. The summed E-state index contributed by atoms with van der Waals surface area (Å²) in [5.41, 5.74) is 5.61. The molecule has 0 fully saturated rings. The summed E-state index contributed by atoms with van der Waals surface area (Å²) in [6.45, 7) is 7.43. The van der Waals surface area contributed by atoms with Crippen molar-refractivity contribution < 1.29 is 8.78 Å². The monoisotopic (exact) mass is 377 g/mol. The van der Waals surface area contributed by atoms with Crippen LogP contribution < -0.4 is 0 Å². The lowest BCUT2D eigenvalue weighted by Gasteiger charge is -2.07. The minimum atomic E-state index is -0.327. The Bertz CT molecular complexity index is 1000. The topological polar surface area (TPSA) is 37.6 Å². The first-order valence-corrected chi connectivity index (χ1v) is 8.94. The van der Waals surface area contributed by atoms with Crippen LogP contribution in [0.2, 0.25) is 0 Å². The number of aryl methyl sites for hydroxylation is 2. The fraction of sp³-hybridized carbons (Fsp3) is 0.174. The highest BCUT2D eigenvalue weighted by Gasteiger charge is 2.07. The molecule has 0 saturated heterocycles. The molecule has 3 aromatic rings. The minimum absolute atomic E-state index is 0.327. The van der Waals surface area contributed by atoms with Crippen molar-refractivity contribution in [3.8, 4) is 0 Å². The number of nitrogens with zero attached hydrogens (tertiary/aromatic N) is 3. The lowest BCUT2D eigenvalue weighted by molar-refractivity contribution is 0.627. The van der Waals surface area contributed by atoms with Crippen LogP contribution in [0.4, 0.5) is 20.2 Å². The smallest absolute Gasteiger partial charge is 0.125 e. The molecule has 3 nitrogen and oxygen atoms in total. The summed E-state index contributed by atoms with van der Waals surface area (Å²) in [5, 5.41) is 0. The van der Waals surface area contributed by atoms with Crippen molar-refractivity contribution in [3.63, 3.8) is 0 Å². The number of pyridine rings is 1. The Morgan fingerprint density at radius 1 is 0.714 bits per heavy atom. The quantitative estimate of drug-likeness (QED) is 0.495. The van der Waals surface area contributed by atoms with Crippen LogP contribution in [0.25, 0.3) is 0 Å². The molecule has 0 aliphatic carbocycles. The van der Waals surface area contributed by atoms with Gasteiger partial charge in [0.25, 0.3) is 0 Å². The summed E-state index contributed by atoms with van der Waals surface area (Å²) >= 11 is 0. The number of halogens is 2. The van der Waals surface area contributed by atoms with Crippen LogP contribution in [0.15, 0.2) is 64.6 Å². The fourth-order valence-electron chi connectivity index (χ4n) is 2.72. The van der Waals surface area contributed by atoms with Gasteiger partial charge in [-0.2, -0.15) is 0 Å². The molecular weight excluding hydrogens is 356 g/mol. The van der Waals surface area contributed by atoms with Gasteiger partial charge < -0.3 is 0 Å². The van der Waals surface area contributed by atoms with Crippen LogP contribution in [-0.4, -0.2) is 16.4 Å². The van der Waals surface area contributed by atoms with Crippen molar-refractivity contribution in [2.45, 2.75) is 27.7 Å². The first-order valence-electron chi connectivity index (χ1n) is 8.94. The maximum atomic E-state index is 13.5. The minimum Gasteiger partial charge on any atom is -0.251 e. The summed E-state index contributed by atoms with van der Waals surface area (Å²) in [7, 11) is 0. The first-order chi connectivity index (χ1) is 13.3. The molecule has 0 unspecified atom stereocenters. The molecule has 28 heavy (non-hydrogen) atoms. The molecule has 0 saturated carbocycles. The van der Waals surface area contributed by atoms with Gasteiger partial charge in [0.05, 0.1) is 34.2 Å². The summed E-state index contributed by atoms with van der Waals surface area (Å²) in [6, 6.07) is 14.6. The highest BCUT2D eigenvalue weighted by Crippen LogP contribution is 2.22. The summed E-state index contributed by atoms with van der Waals surface area (Å²) in [6.07, 6.45) is 0. The van der Waals surface area contributed by atoms with Gasteiger partial charge in [0, 0.05) is 0 Å². The van der Waals surface area contributed by atoms with Gasteiger partial charge in [-0.05, 0) is 75.2 Å². The summed E-state index contributed by atoms with van der Waals surface area (Å²) in [4.78, 5) is 13.7. The number of aliphatic imine (C=N–C) groups is 2. The molecule has 2 aromatic carbocycles. The van der Waals surface area contributed by atoms with E-state index in [1.807, 2.05) is 45.9 Å². The SMILES string of the molecule is CC(=Nc1cc(F)ccc1C)c1cccc(C(C)=Nc2cc(F)ccc2C)n1. The van der Waals surface area contributed by atoms with Crippen LogP contribution in [-0.2, 0) is 0 Å². The van der Waals surface area contributed by atoms with Gasteiger partial charge in [-0.25, -0.2) is 13.8 Å². The van der Waals surface area contributed by atoms with E-state index in [1.54, 1.807) is 12.1 Å². The van der Waals surface area contributed by atoms with Crippen LogP contribution in [0.3, 0.4) is 0 Å². The highest BCUT2D eigenvalue weighted by molar-refractivity contribution is 6.02. The molecule has 0 aliphatic rings. The van der Waals surface area contributed by atoms with Crippen molar-refractivity contribution in [1.29, 1.82) is 0 Å². The van der Waals surface area contributed by atoms with E-state index in [0.29, 0.717) is 34.2 Å². The Morgan fingerprint density at radius 3 is 1.57 bits per heavy atom.